The van der Waals surface area contributed by atoms with E-state index < -0.39 is 0 Å². The maximum Gasteiger partial charge on any atom is 0.166 e. The summed E-state index contributed by atoms with van der Waals surface area (Å²) in [5.41, 5.74) is 6.16. The Morgan fingerprint density at radius 3 is 2.45 bits per heavy atom. The largest absolute Gasteiger partial charge is 0.504 e. The molecule has 0 fully saturated rings. The average molecular weight is 438 g/mol. The van der Waals surface area contributed by atoms with Crippen LogP contribution in [-0.4, -0.2) is 35.9 Å². The Morgan fingerprint density at radius 2 is 1.74 bits per heavy atom. The van der Waals surface area contributed by atoms with Crippen LogP contribution in [0.2, 0.25) is 5.02 Å². The van der Waals surface area contributed by atoms with Crippen LogP contribution in [-0.2, 0) is 19.4 Å². The molecule has 0 aromatic heterocycles. The van der Waals surface area contributed by atoms with Crippen molar-refractivity contribution in [3.8, 4) is 34.1 Å². The summed E-state index contributed by atoms with van der Waals surface area (Å²) in [7, 11) is 3.10. The summed E-state index contributed by atoms with van der Waals surface area (Å²) in [5.74, 6) is 1.10. The highest BCUT2D eigenvalue weighted by Gasteiger charge is 2.37. The molecule has 2 N–H and O–H groups in total. The molecular weight excluding hydrogens is 414 g/mol. The fourth-order valence-electron chi connectivity index (χ4n) is 4.96. The number of hydrogen-bond acceptors (Lipinski definition) is 5. The van der Waals surface area contributed by atoms with Crippen LogP contribution in [0.5, 0.6) is 23.0 Å². The van der Waals surface area contributed by atoms with Crippen LogP contribution in [0.1, 0.15) is 28.3 Å². The molecule has 2 aliphatic rings. The average Bonchev–Trinajstić information content (AvgIpc) is 2.77. The van der Waals surface area contributed by atoms with Crippen LogP contribution in [0.3, 0.4) is 0 Å². The first-order chi connectivity index (χ1) is 15.0. The summed E-state index contributed by atoms with van der Waals surface area (Å²) in [6, 6.07) is 13.6. The molecule has 0 bridgehead atoms. The highest BCUT2D eigenvalue weighted by molar-refractivity contribution is 6.30. The SMILES string of the molecule is COc1cc2c(cc1O)CC1c3c(cc(OC)c(O)c3-2)CCN1Cc1ccc(Cl)cc1. The van der Waals surface area contributed by atoms with E-state index in [2.05, 4.69) is 17.0 Å². The minimum Gasteiger partial charge on any atom is -0.504 e. The number of rotatable bonds is 4. The number of fused-ring (bicyclic) bond motifs is 2. The summed E-state index contributed by atoms with van der Waals surface area (Å²) in [6.07, 6.45) is 1.61. The van der Waals surface area contributed by atoms with Gasteiger partial charge in [-0.1, -0.05) is 23.7 Å². The lowest BCUT2D eigenvalue weighted by Crippen LogP contribution is -2.38. The Bertz CT molecular complexity index is 1160. The zero-order valence-electron chi connectivity index (χ0n) is 17.5. The summed E-state index contributed by atoms with van der Waals surface area (Å²) >= 11 is 6.06. The maximum atomic E-state index is 11.1. The lowest BCUT2D eigenvalue weighted by Gasteiger charge is -2.42. The minimum atomic E-state index is 0.0894. The summed E-state index contributed by atoms with van der Waals surface area (Å²) < 4.78 is 10.8. The zero-order chi connectivity index (χ0) is 21.7. The molecule has 31 heavy (non-hydrogen) atoms. The van der Waals surface area contributed by atoms with Gasteiger partial charge in [-0.25, -0.2) is 0 Å². The van der Waals surface area contributed by atoms with E-state index >= 15 is 0 Å². The van der Waals surface area contributed by atoms with E-state index in [1.54, 1.807) is 13.2 Å². The first kappa shape index (κ1) is 20.0. The molecule has 160 valence electrons. The van der Waals surface area contributed by atoms with Crippen molar-refractivity contribution < 1.29 is 19.7 Å². The van der Waals surface area contributed by atoms with Crippen molar-refractivity contribution in [1.82, 2.24) is 4.90 Å². The van der Waals surface area contributed by atoms with Gasteiger partial charge in [0.05, 0.1) is 14.2 Å². The van der Waals surface area contributed by atoms with Gasteiger partial charge in [0.25, 0.3) is 0 Å². The molecule has 1 atom stereocenters. The van der Waals surface area contributed by atoms with Gasteiger partial charge in [-0.3, -0.25) is 4.90 Å². The van der Waals surface area contributed by atoms with Gasteiger partial charge in [-0.2, -0.15) is 0 Å². The summed E-state index contributed by atoms with van der Waals surface area (Å²) in [6.45, 7) is 1.68. The second-order valence-electron chi connectivity index (χ2n) is 8.12. The molecule has 3 aromatic rings. The van der Waals surface area contributed by atoms with Gasteiger partial charge in [0.1, 0.15) is 0 Å². The predicted molar refractivity (Wildman–Crippen MR) is 120 cm³/mol. The van der Waals surface area contributed by atoms with Crippen LogP contribution in [0.25, 0.3) is 11.1 Å². The van der Waals surface area contributed by atoms with Crippen molar-refractivity contribution in [2.45, 2.75) is 25.4 Å². The highest BCUT2D eigenvalue weighted by Crippen LogP contribution is 2.53. The molecule has 5 nitrogen and oxygen atoms in total. The molecule has 1 aliphatic carbocycles. The number of nitrogens with zero attached hydrogens (tertiary/aromatic N) is 1. The Labute approximate surface area is 186 Å². The van der Waals surface area contributed by atoms with Gasteiger partial charge in [0, 0.05) is 29.7 Å². The fraction of sp³-hybridized carbons (Fsp3) is 0.280. The second-order valence-corrected chi connectivity index (χ2v) is 8.56. The quantitative estimate of drug-likeness (QED) is 0.595. The number of hydrogen-bond donors (Lipinski definition) is 2. The molecule has 0 saturated carbocycles. The molecule has 0 amide bonds. The molecule has 0 saturated heterocycles. The van der Waals surface area contributed by atoms with Crippen LogP contribution >= 0.6 is 11.6 Å². The van der Waals surface area contributed by atoms with Gasteiger partial charge in [0.2, 0.25) is 0 Å². The Kier molecular flexibility index (Phi) is 4.95. The molecular formula is C25H24ClNO4. The molecule has 1 unspecified atom stereocenters. The lowest BCUT2D eigenvalue weighted by atomic mass is 9.76. The number of ether oxygens (including phenoxy) is 2. The Morgan fingerprint density at radius 1 is 1.00 bits per heavy atom. The third kappa shape index (κ3) is 3.29. The topological polar surface area (TPSA) is 62.2 Å². The van der Waals surface area contributed by atoms with E-state index in [0.29, 0.717) is 11.5 Å². The molecule has 1 heterocycles. The number of halogens is 1. The molecule has 0 spiro atoms. The molecule has 5 rings (SSSR count). The van der Waals surface area contributed by atoms with Crippen molar-refractivity contribution in [2.75, 3.05) is 20.8 Å². The van der Waals surface area contributed by atoms with E-state index in [4.69, 9.17) is 21.1 Å². The van der Waals surface area contributed by atoms with E-state index in [1.165, 1.54) is 18.2 Å². The van der Waals surface area contributed by atoms with Gasteiger partial charge >= 0.3 is 0 Å². The van der Waals surface area contributed by atoms with Crippen molar-refractivity contribution >= 4 is 11.6 Å². The number of phenols is 2. The number of phenolic OH excluding ortho intramolecular Hbond substituents is 2. The summed E-state index contributed by atoms with van der Waals surface area (Å²) in [4.78, 5) is 2.44. The van der Waals surface area contributed by atoms with Crippen LogP contribution in [0.4, 0.5) is 0 Å². The monoisotopic (exact) mass is 437 g/mol. The van der Waals surface area contributed by atoms with Gasteiger partial charge in [-0.05, 0) is 71.0 Å². The zero-order valence-corrected chi connectivity index (χ0v) is 18.2. The lowest BCUT2D eigenvalue weighted by molar-refractivity contribution is 0.173. The number of methoxy groups -OCH3 is 2. The minimum absolute atomic E-state index is 0.0894. The maximum absolute atomic E-state index is 11.1. The first-order valence-electron chi connectivity index (χ1n) is 10.3. The van der Waals surface area contributed by atoms with Gasteiger partial charge < -0.3 is 19.7 Å². The number of aromatic hydroxyl groups is 2. The van der Waals surface area contributed by atoms with Crippen molar-refractivity contribution in [3.63, 3.8) is 0 Å². The first-order valence-corrected chi connectivity index (χ1v) is 10.7. The third-order valence-corrected chi connectivity index (χ3v) is 6.69. The molecule has 6 heteroatoms. The number of benzene rings is 3. The van der Waals surface area contributed by atoms with Crippen molar-refractivity contribution in [3.05, 3.63) is 69.7 Å². The van der Waals surface area contributed by atoms with Gasteiger partial charge in [0.15, 0.2) is 23.0 Å². The highest BCUT2D eigenvalue weighted by atomic mass is 35.5. The summed E-state index contributed by atoms with van der Waals surface area (Å²) in [5, 5.41) is 22.2. The molecule has 1 aliphatic heterocycles. The van der Waals surface area contributed by atoms with Crippen LogP contribution < -0.4 is 9.47 Å². The molecule has 3 aromatic carbocycles. The van der Waals surface area contributed by atoms with E-state index in [-0.39, 0.29) is 17.5 Å². The van der Waals surface area contributed by atoms with Crippen LogP contribution in [0.15, 0.2) is 42.5 Å². The van der Waals surface area contributed by atoms with Crippen LogP contribution in [0, 0.1) is 0 Å². The Hall–Kier alpha value is -2.89. The van der Waals surface area contributed by atoms with E-state index in [9.17, 15) is 10.2 Å². The molecule has 0 radical (unpaired) electrons. The third-order valence-electron chi connectivity index (χ3n) is 6.44. The predicted octanol–water partition coefficient (Wildman–Crippen LogP) is 5.09. The normalized spacial score (nSPS) is 17.1. The van der Waals surface area contributed by atoms with Crippen molar-refractivity contribution in [1.29, 1.82) is 0 Å². The van der Waals surface area contributed by atoms with E-state index in [1.807, 2.05) is 24.3 Å². The van der Waals surface area contributed by atoms with Gasteiger partial charge in [-0.15, -0.1) is 0 Å². The Balaban J connectivity index is 1.66. The van der Waals surface area contributed by atoms with E-state index in [0.717, 1.165) is 53.2 Å². The fourth-order valence-corrected chi connectivity index (χ4v) is 5.09. The second kappa shape index (κ2) is 7.66. The standard InChI is InChI=1S/C25H24ClNO4/c1-30-21-12-18-16(10-20(21)28)9-19-23-15(11-22(31-2)25(29)24(18)23)7-8-27(19)13-14-3-5-17(26)6-4-14/h3-6,10-12,19,28-29H,7-9,13H2,1-2H3. The van der Waals surface area contributed by atoms with Crippen molar-refractivity contribution in [2.24, 2.45) is 0 Å². The smallest absolute Gasteiger partial charge is 0.166 e.